The molecule has 26 heavy (non-hydrogen) atoms. The van der Waals surface area contributed by atoms with Gasteiger partial charge in [-0.25, -0.2) is 0 Å². The number of nitrogens with one attached hydrogen (secondary N) is 2. The molecule has 0 bridgehead atoms. The minimum atomic E-state index is -0.0193. The van der Waals surface area contributed by atoms with Gasteiger partial charge in [-0.15, -0.1) is 24.8 Å². The minimum absolute atomic E-state index is 0. The van der Waals surface area contributed by atoms with Crippen LogP contribution in [0.1, 0.15) is 35.2 Å². The highest BCUT2D eigenvalue weighted by molar-refractivity contribution is 6.06. The smallest absolute Gasteiger partial charge is 0.256 e. The number of anilines is 3. The van der Waals surface area contributed by atoms with Crippen LogP contribution in [0.3, 0.4) is 0 Å². The van der Waals surface area contributed by atoms with E-state index in [-0.39, 0.29) is 30.7 Å². The summed E-state index contributed by atoms with van der Waals surface area (Å²) >= 11 is 0. The first-order valence-electron chi connectivity index (χ1n) is 8.83. The van der Waals surface area contributed by atoms with Crippen molar-refractivity contribution in [3.63, 3.8) is 0 Å². The van der Waals surface area contributed by atoms with Crippen molar-refractivity contribution in [3.8, 4) is 0 Å². The molecular formula is C20H25Cl2N3O. The lowest BCUT2D eigenvalue weighted by molar-refractivity contribution is 0.102. The van der Waals surface area contributed by atoms with E-state index in [9.17, 15) is 4.79 Å². The minimum Gasteiger partial charge on any atom is -0.385 e. The lowest BCUT2D eigenvalue weighted by Gasteiger charge is -2.21. The lowest BCUT2D eigenvalue weighted by atomic mass is 9.97. The standard InChI is InChI=1S/C20H23N3O.2ClH/c24-20(18-8-4-10-19-17(18)9-5-11-21-19)22-15-6-3-7-16(14-15)23-12-1-2-13-23;;/h3-4,6-8,10,14,21H,1-2,5,9,11-13H2,(H,22,24);2*1H. The third kappa shape index (κ3) is 4.25. The highest BCUT2D eigenvalue weighted by atomic mass is 35.5. The molecule has 1 saturated heterocycles. The molecule has 0 atom stereocenters. The first-order chi connectivity index (χ1) is 11.8. The van der Waals surface area contributed by atoms with Crippen LogP contribution in [-0.2, 0) is 6.42 Å². The summed E-state index contributed by atoms with van der Waals surface area (Å²) in [5, 5.41) is 6.46. The molecule has 6 heteroatoms. The van der Waals surface area contributed by atoms with Gasteiger partial charge in [0.05, 0.1) is 0 Å². The van der Waals surface area contributed by atoms with Crippen molar-refractivity contribution in [2.45, 2.75) is 25.7 Å². The topological polar surface area (TPSA) is 44.4 Å². The highest BCUT2D eigenvalue weighted by Crippen LogP contribution is 2.27. The fourth-order valence-corrected chi connectivity index (χ4v) is 3.68. The van der Waals surface area contributed by atoms with Crippen molar-refractivity contribution >= 4 is 47.8 Å². The maximum atomic E-state index is 12.8. The second-order valence-electron chi connectivity index (χ2n) is 6.56. The first kappa shape index (κ1) is 20.4. The number of carbonyl (C=O) groups is 1. The largest absolute Gasteiger partial charge is 0.385 e. The number of halogens is 2. The van der Waals surface area contributed by atoms with E-state index in [4.69, 9.17) is 0 Å². The Morgan fingerprint density at radius 1 is 1.00 bits per heavy atom. The molecule has 0 aliphatic carbocycles. The first-order valence-corrected chi connectivity index (χ1v) is 8.83. The van der Waals surface area contributed by atoms with Gasteiger partial charge in [0.25, 0.3) is 5.91 Å². The number of hydrogen-bond donors (Lipinski definition) is 2. The molecule has 2 aliphatic rings. The van der Waals surface area contributed by atoms with Gasteiger partial charge in [-0.2, -0.15) is 0 Å². The van der Waals surface area contributed by atoms with Crippen LogP contribution in [0.2, 0.25) is 0 Å². The van der Waals surface area contributed by atoms with Crippen LogP contribution in [0.25, 0.3) is 0 Å². The molecule has 1 amide bonds. The summed E-state index contributed by atoms with van der Waals surface area (Å²) < 4.78 is 0. The maximum Gasteiger partial charge on any atom is 0.256 e. The zero-order valence-corrected chi connectivity index (χ0v) is 16.3. The molecule has 2 aromatic rings. The fraction of sp³-hybridized carbons (Fsp3) is 0.350. The van der Waals surface area contributed by atoms with Crippen LogP contribution < -0.4 is 15.5 Å². The van der Waals surface area contributed by atoms with Crippen molar-refractivity contribution in [2.75, 3.05) is 35.2 Å². The zero-order valence-electron chi connectivity index (χ0n) is 14.7. The van der Waals surface area contributed by atoms with E-state index in [0.717, 1.165) is 55.0 Å². The Hall–Kier alpha value is -1.91. The van der Waals surface area contributed by atoms with Gasteiger partial charge < -0.3 is 15.5 Å². The van der Waals surface area contributed by atoms with Crippen LogP contribution in [0, 0.1) is 0 Å². The number of rotatable bonds is 3. The Labute approximate surface area is 167 Å². The fourth-order valence-electron chi connectivity index (χ4n) is 3.68. The van der Waals surface area contributed by atoms with Gasteiger partial charge in [-0.05, 0) is 61.6 Å². The van der Waals surface area contributed by atoms with E-state index in [0.29, 0.717) is 0 Å². The van der Waals surface area contributed by atoms with Crippen LogP contribution in [0.15, 0.2) is 42.5 Å². The molecule has 140 valence electrons. The van der Waals surface area contributed by atoms with E-state index in [1.807, 2.05) is 24.3 Å². The average Bonchev–Trinajstić information content (AvgIpc) is 3.16. The third-order valence-electron chi connectivity index (χ3n) is 4.91. The number of carbonyl (C=O) groups excluding carboxylic acids is 1. The van der Waals surface area contributed by atoms with Crippen molar-refractivity contribution < 1.29 is 4.79 Å². The second kappa shape index (κ2) is 9.15. The van der Waals surface area contributed by atoms with Gasteiger partial charge in [0, 0.05) is 42.3 Å². The Bertz CT molecular complexity index is 760. The van der Waals surface area contributed by atoms with Crippen LogP contribution in [0.5, 0.6) is 0 Å². The SMILES string of the molecule is Cl.Cl.O=C(Nc1cccc(N2CCCC2)c1)c1cccc2c1CCCN2. The van der Waals surface area contributed by atoms with Gasteiger partial charge in [0.1, 0.15) is 0 Å². The summed E-state index contributed by atoms with van der Waals surface area (Å²) in [6, 6.07) is 14.1. The number of amides is 1. The predicted molar refractivity (Wildman–Crippen MR) is 114 cm³/mol. The molecule has 1 fully saturated rings. The summed E-state index contributed by atoms with van der Waals surface area (Å²) in [4.78, 5) is 15.1. The summed E-state index contributed by atoms with van der Waals surface area (Å²) in [7, 11) is 0. The van der Waals surface area contributed by atoms with Crippen molar-refractivity contribution in [2.24, 2.45) is 0 Å². The van der Waals surface area contributed by atoms with Gasteiger partial charge in [-0.1, -0.05) is 12.1 Å². The van der Waals surface area contributed by atoms with Crippen molar-refractivity contribution in [1.29, 1.82) is 0 Å². The molecule has 0 radical (unpaired) electrons. The summed E-state index contributed by atoms with van der Waals surface area (Å²) in [5.41, 5.74) is 5.08. The Balaban J connectivity index is 0.00000121. The van der Waals surface area contributed by atoms with Gasteiger partial charge >= 0.3 is 0 Å². The van der Waals surface area contributed by atoms with Crippen LogP contribution in [-0.4, -0.2) is 25.5 Å². The van der Waals surface area contributed by atoms with E-state index < -0.39 is 0 Å². The number of hydrogen-bond acceptors (Lipinski definition) is 3. The number of nitrogens with zero attached hydrogens (tertiary/aromatic N) is 1. The molecule has 0 aromatic heterocycles. The monoisotopic (exact) mass is 393 g/mol. The van der Waals surface area contributed by atoms with Crippen molar-refractivity contribution in [3.05, 3.63) is 53.6 Å². The molecular weight excluding hydrogens is 369 g/mol. The Kier molecular flexibility index (Phi) is 7.18. The number of benzene rings is 2. The molecule has 2 aliphatic heterocycles. The van der Waals surface area contributed by atoms with E-state index in [2.05, 4.69) is 33.7 Å². The maximum absolute atomic E-state index is 12.8. The summed E-state index contributed by atoms with van der Waals surface area (Å²) in [6.07, 6.45) is 4.53. The molecule has 2 aromatic carbocycles. The van der Waals surface area contributed by atoms with Gasteiger partial charge in [0.15, 0.2) is 0 Å². The predicted octanol–water partition coefficient (Wildman–Crippen LogP) is 4.74. The van der Waals surface area contributed by atoms with Gasteiger partial charge in [-0.3, -0.25) is 4.79 Å². The van der Waals surface area contributed by atoms with E-state index in [1.54, 1.807) is 0 Å². The van der Waals surface area contributed by atoms with Crippen molar-refractivity contribution in [1.82, 2.24) is 0 Å². The Morgan fingerprint density at radius 2 is 1.77 bits per heavy atom. The quantitative estimate of drug-likeness (QED) is 0.790. The number of fused-ring (bicyclic) bond motifs is 1. The normalized spacial score (nSPS) is 15.2. The van der Waals surface area contributed by atoms with E-state index in [1.165, 1.54) is 18.5 Å². The van der Waals surface area contributed by atoms with Gasteiger partial charge in [0.2, 0.25) is 0 Å². The van der Waals surface area contributed by atoms with E-state index >= 15 is 0 Å². The zero-order chi connectivity index (χ0) is 16.4. The molecule has 2 N–H and O–H groups in total. The third-order valence-corrected chi connectivity index (χ3v) is 4.91. The molecule has 0 saturated carbocycles. The lowest BCUT2D eigenvalue weighted by Crippen LogP contribution is -2.20. The average molecular weight is 394 g/mol. The van der Waals surface area contributed by atoms with Crippen LogP contribution >= 0.6 is 24.8 Å². The molecule has 0 spiro atoms. The Morgan fingerprint density at radius 3 is 2.58 bits per heavy atom. The summed E-state index contributed by atoms with van der Waals surface area (Å²) in [6.45, 7) is 3.19. The highest BCUT2D eigenvalue weighted by Gasteiger charge is 2.18. The molecule has 4 nitrogen and oxygen atoms in total. The molecule has 4 rings (SSSR count). The second-order valence-corrected chi connectivity index (χ2v) is 6.56. The summed E-state index contributed by atoms with van der Waals surface area (Å²) in [5.74, 6) is -0.0193. The van der Waals surface area contributed by atoms with Crippen LogP contribution in [0.4, 0.5) is 17.1 Å². The molecule has 0 unspecified atom stereocenters. The molecule has 2 heterocycles.